The van der Waals surface area contributed by atoms with Crippen molar-refractivity contribution in [2.75, 3.05) is 19.7 Å². The van der Waals surface area contributed by atoms with Gasteiger partial charge in [-0.15, -0.1) is 0 Å². The van der Waals surface area contributed by atoms with Gasteiger partial charge in [-0.2, -0.15) is 0 Å². The lowest BCUT2D eigenvalue weighted by Gasteiger charge is -2.13. The van der Waals surface area contributed by atoms with Crippen molar-refractivity contribution in [3.05, 3.63) is 39.4 Å². The SMILES string of the molecule is O=C(CN1C(=O)c2cccc([N+](=O)[O-])c2C1=O)NCCCO. The smallest absolute Gasteiger partial charge is 0.282 e. The second-order valence-corrected chi connectivity index (χ2v) is 4.58. The number of amides is 3. The van der Waals surface area contributed by atoms with E-state index in [1.807, 2.05) is 0 Å². The summed E-state index contributed by atoms with van der Waals surface area (Å²) >= 11 is 0. The van der Waals surface area contributed by atoms with E-state index in [0.29, 0.717) is 11.3 Å². The number of hydrogen-bond acceptors (Lipinski definition) is 6. The first kappa shape index (κ1) is 15.6. The van der Waals surface area contributed by atoms with E-state index in [9.17, 15) is 24.5 Å². The molecule has 0 unspecified atom stereocenters. The lowest BCUT2D eigenvalue weighted by atomic mass is 10.1. The van der Waals surface area contributed by atoms with Gasteiger partial charge < -0.3 is 10.4 Å². The molecule has 116 valence electrons. The average Bonchev–Trinajstić information content (AvgIpc) is 2.72. The summed E-state index contributed by atoms with van der Waals surface area (Å²) in [7, 11) is 0. The van der Waals surface area contributed by atoms with Crippen LogP contribution in [0.1, 0.15) is 27.1 Å². The lowest BCUT2D eigenvalue weighted by molar-refractivity contribution is -0.385. The fourth-order valence-electron chi connectivity index (χ4n) is 2.12. The van der Waals surface area contributed by atoms with E-state index in [0.717, 1.165) is 6.07 Å². The van der Waals surface area contributed by atoms with Crippen LogP contribution in [-0.2, 0) is 4.79 Å². The molecular formula is C13H13N3O6. The molecule has 0 aliphatic carbocycles. The summed E-state index contributed by atoms with van der Waals surface area (Å²) in [5.41, 5.74) is -0.831. The Labute approximate surface area is 124 Å². The number of nitro benzene ring substituents is 1. The molecule has 2 rings (SSSR count). The maximum Gasteiger partial charge on any atom is 0.282 e. The number of aliphatic hydroxyl groups is 1. The molecular weight excluding hydrogens is 294 g/mol. The summed E-state index contributed by atoms with van der Waals surface area (Å²) < 4.78 is 0. The Morgan fingerprint density at radius 3 is 2.68 bits per heavy atom. The van der Waals surface area contributed by atoms with Crippen molar-refractivity contribution in [2.45, 2.75) is 6.42 Å². The van der Waals surface area contributed by atoms with Gasteiger partial charge in [-0.3, -0.25) is 29.4 Å². The standard InChI is InChI=1S/C13H13N3O6/c17-6-2-5-14-10(18)7-15-12(19)8-3-1-4-9(16(21)22)11(8)13(15)20/h1,3-4,17H,2,5-7H2,(H,14,18). The highest BCUT2D eigenvalue weighted by atomic mass is 16.6. The molecule has 1 aromatic carbocycles. The summed E-state index contributed by atoms with van der Waals surface area (Å²) in [6.45, 7) is -0.410. The minimum absolute atomic E-state index is 0.0811. The van der Waals surface area contributed by atoms with Crippen molar-refractivity contribution in [3.8, 4) is 0 Å². The third-order valence-electron chi connectivity index (χ3n) is 3.13. The van der Waals surface area contributed by atoms with Gasteiger partial charge in [-0.05, 0) is 12.5 Å². The highest BCUT2D eigenvalue weighted by Crippen LogP contribution is 2.30. The number of imide groups is 1. The largest absolute Gasteiger partial charge is 0.396 e. The molecule has 9 nitrogen and oxygen atoms in total. The van der Waals surface area contributed by atoms with Crippen LogP contribution in [0, 0.1) is 10.1 Å². The minimum atomic E-state index is -0.857. The van der Waals surface area contributed by atoms with E-state index in [-0.39, 0.29) is 24.3 Å². The maximum absolute atomic E-state index is 12.2. The Morgan fingerprint density at radius 1 is 1.32 bits per heavy atom. The van der Waals surface area contributed by atoms with Crippen LogP contribution in [0.4, 0.5) is 5.69 Å². The highest BCUT2D eigenvalue weighted by Gasteiger charge is 2.41. The molecule has 0 atom stereocenters. The summed E-state index contributed by atoms with van der Waals surface area (Å²) in [6.07, 6.45) is 0.347. The second kappa shape index (κ2) is 6.31. The van der Waals surface area contributed by atoms with Gasteiger partial charge in [0.1, 0.15) is 12.1 Å². The van der Waals surface area contributed by atoms with Crippen molar-refractivity contribution in [1.82, 2.24) is 10.2 Å². The van der Waals surface area contributed by atoms with Crippen molar-refractivity contribution < 1.29 is 24.4 Å². The number of fused-ring (bicyclic) bond motifs is 1. The summed E-state index contributed by atoms with van der Waals surface area (Å²) in [5.74, 6) is -2.17. The minimum Gasteiger partial charge on any atom is -0.396 e. The van der Waals surface area contributed by atoms with Gasteiger partial charge in [0.25, 0.3) is 17.5 Å². The second-order valence-electron chi connectivity index (χ2n) is 4.58. The number of hydrogen-bond donors (Lipinski definition) is 2. The molecule has 1 aliphatic heterocycles. The quantitative estimate of drug-likeness (QED) is 0.321. The zero-order valence-corrected chi connectivity index (χ0v) is 11.4. The molecule has 22 heavy (non-hydrogen) atoms. The van der Waals surface area contributed by atoms with E-state index >= 15 is 0 Å². The number of nitrogens with one attached hydrogen (secondary N) is 1. The molecule has 0 bridgehead atoms. The summed E-state index contributed by atoms with van der Waals surface area (Å²) in [4.78, 5) is 46.8. The fourth-order valence-corrected chi connectivity index (χ4v) is 2.12. The van der Waals surface area contributed by atoms with Gasteiger partial charge in [0.05, 0.1) is 10.5 Å². The molecule has 0 saturated heterocycles. The Kier molecular flexibility index (Phi) is 4.47. The van der Waals surface area contributed by atoms with Crippen LogP contribution in [0.25, 0.3) is 0 Å². The van der Waals surface area contributed by atoms with Gasteiger partial charge in [0.2, 0.25) is 5.91 Å². The molecule has 2 N–H and O–H groups in total. The molecule has 1 heterocycles. The molecule has 9 heteroatoms. The summed E-state index contributed by atoms with van der Waals surface area (Å²) in [6, 6.07) is 3.76. The molecule has 0 spiro atoms. The lowest BCUT2D eigenvalue weighted by Crippen LogP contribution is -2.40. The molecule has 1 aromatic rings. The Bertz CT molecular complexity index is 657. The van der Waals surface area contributed by atoms with Gasteiger partial charge in [-0.25, -0.2) is 0 Å². The van der Waals surface area contributed by atoms with Gasteiger partial charge in [0.15, 0.2) is 0 Å². The highest BCUT2D eigenvalue weighted by molar-refractivity contribution is 6.24. The van der Waals surface area contributed by atoms with Crippen molar-refractivity contribution >= 4 is 23.4 Å². The molecule has 0 saturated carbocycles. The monoisotopic (exact) mass is 307 g/mol. The van der Waals surface area contributed by atoms with Crippen LogP contribution in [0.2, 0.25) is 0 Å². The first-order valence-corrected chi connectivity index (χ1v) is 6.48. The van der Waals surface area contributed by atoms with Crippen molar-refractivity contribution in [1.29, 1.82) is 0 Å². The van der Waals surface area contributed by atoms with Crippen LogP contribution < -0.4 is 5.32 Å². The Balaban J connectivity index is 2.19. The Morgan fingerprint density at radius 2 is 2.05 bits per heavy atom. The topological polar surface area (TPSA) is 130 Å². The third kappa shape index (κ3) is 2.79. The van der Waals surface area contributed by atoms with Gasteiger partial charge in [-0.1, -0.05) is 6.07 Å². The molecule has 1 aliphatic rings. The average molecular weight is 307 g/mol. The predicted molar refractivity (Wildman–Crippen MR) is 73.2 cm³/mol. The molecule has 0 aromatic heterocycles. The predicted octanol–water partition coefficient (Wildman–Crippen LogP) is -0.311. The maximum atomic E-state index is 12.2. The van der Waals surface area contributed by atoms with Crippen LogP contribution in [0.5, 0.6) is 0 Å². The van der Waals surface area contributed by atoms with Crippen molar-refractivity contribution in [3.63, 3.8) is 0 Å². The third-order valence-corrected chi connectivity index (χ3v) is 3.13. The van der Waals surface area contributed by atoms with Gasteiger partial charge >= 0.3 is 0 Å². The fraction of sp³-hybridized carbons (Fsp3) is 0.308. The molecule has 0 radical (unpaired) electrons. The zero-order valence-electron chi connectivity index (χ0n) is 11.4. The first-order chi connectivity index (χ1) is 10.5. The van der Waals surface area contributed by atoms with Crippen molar-refractivity contribution in [2.24, 2.45) is 0 Å². The number of carbonyl (C=O) groups excluding carboxylic acids is 3. The van der Waals surface area contributed by atoms with Gasteiger partial charge in [0, 0.05) is 19.2 Å². The number of carbonyl (C=O) groups is 3. The number of aliphatic hydroxyl groups excluding tert-OH is 1. The van der Waals surface area contributed by atoms with E-state index in [4.69, 9.17) is 5.11 Å². The first-order valence-electron chi connectivity index (χ1n) is 6.48. The normalized spacial score (nSPS) is 13.2. The number of rotatable bonds is 6. The molecule has 3 amide bonds. The van der Waals surface area contributed by atoms with E-state index in [1.54, 1.807) is 0 Å². The van der Waals surface area contributed by atoms with E-state index < -0.39 is 34.9 Å². The van der Waals surface area contributed by atoms with E-state index in [2.05, 4.69) is 5.32 Å². The van der Waals surface area contributed by atoms with E-state index in [1.165, 1.54) is 12.1 Å². The van der Waals surface area contributed by atoms with Crippen LogP contribution in [-0.4, -0.2) is 52.3 Å². The number of nitro groups is 1. The summed E-state index contributed by atoms with van der Waals surface area (Å²) in [5, 5.41) is 22.0. The number of benzene rings is 1. The zero-order chi connectivity index (χ0) is 16.3. The molecule has 0 fully saturated rings. The van der Waals surface area contributed by atoms with Crippen LogP contribution in [0.15, 0.2) is 18.2 Å². The number of nitrogens with zero attached hydrogens (tertiary/aromatic N) is 2. The van der Waals surface area contributed by atoms with Crippen LogP contribution >= 0.6 is 0 Å². The van der Waals surface area contributed by atoms with Crippen LogP contribution in [0.3, 0.4) is 0 Å². The Hall–Kier alpha value is -2.81.